The topological polar surface area (TPSA) is 64.6 Å². The molecule has 1 amide bonds. The van der Waals surface area contributed by atoms with Crippen LogP contribution < -0.4 is 10.6 Å². The summed E-state index contributed by atoms with van der Waals surface area (Å²) in [6, 6.07) is 6.30. The molecule has 19 heavy (non-hydrogen) atoms. The molecule has 0 unspecified atom stereocenters. The molecule has 1 heterocycles. The Morgan fingerprint density at radius 1 is 1.26 bits per heavy atom. The number of nitrogens with zero attached hydrogens (tertiary/aromatic N) is 1. The van der Waals surface area contributed by atoms with Crippen molar-refractivity contribution in [3.05, 3.63) is 29.8 Å². The van der Waals surface area contributed by atoms with Gasteiger partial charge in [0.1, 0.15) is 5.75 Å². The molecule has 1 aliphatic rings. The highest BCUT2D eigenvalue weighted by Gasteiger charge is 2.09. The Bertz CT molecular complexity index is 400. The lowest BCUT2D eigenvalue weighted by atomic mass is 10.2. The molecule has 1 aromatic rings. The zero-order valence-corrected chi connectivity index (χ0v) is 11.1. The van der Waals surface area contributed by atoms with Crippen molar-refractivity contribution in [3.8, 4) is 5.75 Å². The number of hydrogen-bond acceptors (Lipinski definition) is 4. The minimum absolute atomic E-state index is 0.0830. The fourth-order valence-corrected chi connectivity index (χ4v) is 2.15. The van der Waals surface area contributed by atoms with Crippen LogP contribution >= 0.6 is 0 Å². The van der Waals surface area contributed by atoms with E-state index >= 15 is 0 Å². The predicted octanol–water partition coefficient (Wildman–Crippen LogP) is 0.417. The highest BCUT2D eigenvalue weighted by molar-refractivity contribution is 5.94. The van der Waals surface area contributed by atoms with E-state index in [9.17, 15) is 4.79 Å². The monoisotopic (exact) mass is 263 g/mol. The second kappa shape index (κ2) is 7.11. The van der Waals surface area contributed by atoms with Crippen molar-refractivity contribution in [2.75, 3.05) is 39.3 Å². The zero-order valence-electron chi connectivity index (χ0n) is 11.1. The molecule has 0 spiro atoms. The van der Waals surface area contributed by atoms with Crippen molar-refractivity contribution >= 4 is 5.91 Å². The molecule has 5 nitrogen and oxygen atoms in total. The van der Waals surface area contributed by atoms with E-state index in [-0.39, 0.29) is 11.7 Å². The molecule has 0 bridgehead atoms. The summed E-state index contributed by atoms with van der Waals surface area (Å²) in [7, 11) is 0. The van der Waals surface area contributed by atoms with E-state index in [0.29, 0.717) is 12.1 Å². The minimum atomic E-state index is -0.0830. The molecule has 0 saturated carbocycles. The van der Waals surface area contributed by atoms with Gasteiger partial charge in [0.2, 0.25) is 0 Å². The van der Waals surface area contributed by atoms with Crippen LogP contribution in [0.4, 0.5) is 0 Å². The number of phenolic OH excluding ortho intramolecular Hbond substituents is 1. The van der Waals surface area contributed by atoms with Gasteiger partial charge in [-0.15, -0.1) is 0 Å². The van der Waals surface area contributed by atoms with Gasteiger partial charge in [0, 0.05) is 38.3 Å². The maximum Gasteiger partial charge on any atom is 0.251 e. The summed E-state index contributed by atoms with van der Waals surface area (Å²) in [6.45, 7) is 6.00. The third kappa shape index (κ3) is 4.54. The molecular formula is C14H21N3O2. The van der Waals surface area contributed by atoms with Gasteiger partial charge in [-0.3, -0.25) is 4.79 Å². The number of piperazine rings is 1. The van der Waals surface area contributed by atoms with Gasteiger partial charge in [0.25, 0.3) is 5.91 Å². The first-order valence-electron chi connectivity index (χ1n) is 6.76. The van der Waals surface area contributed by atoms with Gasteiger partial charge in [0.15, 0.2) is 0 Å². The van der Waals surface area contributed by atoms with Crippen LogP contribution in [-0.4, -0.2) is 55.2 Å². The SMILES string of the molecule is O=C(NCCCN1CCNCC1)c1ccc(O)cc1. The molecule has 2 rings (SSSR count). The van der Waals surface area contributed by atoms with Crippen molar-refractivity contribution in [3.63, 3.8) is 0 Å². The number of benzene rings is 1. The number of amides is 1. The Morgan fingerprint density at radius 2 is 1.95 bits per heavy atom. The van der Waals surface area contributed by atoms with E-state index in [1.54, 1.807) is 12.1 Å². The Balaban J connectivity index is 1.64. The van der Waals surface area contributed by atoms with E-state index in [1.807, 2.05) is 0 Å². The van der Waals surface area contributed by atoms with Crippen molar-refractivity contribution in [1.29, 1.82) is 0 Å². The van der Waals surface area contributed by atoms with Gasteiger partial charge in [-0.25, -0.2) is 0 Å². The van der Waals surface area contributed by atoms with E-state index in [2.05, 4.69) is 15.5 Å². The molecule has 5 heteroatoms. The van der Waals surface area contributed by atoms with Crippen LogP contribution in [0, 0.1) is 0 Å². The summed E-state index contributed by atoms with van der Waals surface area (Å²) in [5, 5.41) is 15.4. The first kappa shape index (κ1) is 13.8. The van der Waals surface area contributed by atoms with Crippen molar-refractivity contribution in [1.82, 2.24) is 15.5 Å². The van der Waals surface area contributed by atoms with Gasteiger partial charge in [-0.05, 0) is 37.2 Å². The Hall–Kier alpha value is -1.59. The fraction of sp³-hybridized carbons (Fsp3) is 0.500. The molecule has 0 atom stereocenters. The number of rotatable bonds is 5. The quantitative estimate of drug-likeness (QED) is 0.674. The maximum atomic E-state index is 11.8. The number of carbonyl (C=O) groups excluding carboxylic acids is 1. The molecule has 1 saturated heterocycles. The largest absolute Gasteiger partial charge is 0.508 e. The number of hydrogen-bond donors (Lipinski definition) is 3. The summed E-state index contributed by atoms with van der Waals surface area (Å²) < 4.78 is 0. The third-order valence-electron chi connectivity index (χ3n) is 3.28. The Morgan fingerprint density at radius 3 is 2.63 bits per heavy atom. The van der Waals surface area contributed by atoms with E-state index in [0.717, 1.165) is 39.1 Å². The minimum Gasteiger partial charge on any atom is -0.508 e. The molecule has 104 valence electrons. The number of carbonyl (C=O) groups is 1. The second-order valence-electron chi connectivity index (χ2n) is 4.75. The summed E-state index contributed by atoms with van der Waals surface area (Å²) in [5.74, 6) is 0.0931. The van der Waals surface area contributed by atoms with Gasteiger partial charge in [0.05, 0.1) is 0 Å². The smallest absolute Gasteiger partial charge is 0.251 e. The Labute approximate surface area is 113 Å². The summed E-state index contributed by atoms with van der Waals surface area (Å²) >= 11 is 0. The average molecular weight is 263 g/mol. The maximum absolute atomic E-state index is 11.8. The average Bonchev–Trinajstić information content (AvgIpc) is 2.45. The van der Waals surface area contributed by atoms with Crippen molar-refractivity contribution in [2.24, 2.45) is 0 Å². The van der Waals surface area contributed by atoms with Gasteiger partial charge in [-0.2, -0.15) is 0 Å². The molecule has 0 aliphatic carbocycles. The van der Waals surface area contributed by atoms with Crippen LogP contribution in [0.2, 0.25) is 0 Å². The van der Waals surface area contributed by atoms with Crippen LogP contribution in [0.5, 0.6) is 5.75 Å². The van der Waals surface area contributed by atoms with E-state index in [4.69, 9.17) is 5.11 Å². The molecule has 1 aliphatic heterocycles. The van der Waals surface area contributed by atoms with Crippen molar-refractivity contribution < 1.29 is 9.90 Å². The van der Waals surface area contributed by atoms with Crippen LogP contribution in [0.1, 0.15) is 16.8 Å². The summed E-state index contributed by atoms with van der Waals surface area (Å²) in [6.07, 6.45) is 0.962. The summed E-state index contributed by atoms with van der Waals surface area (Å²) in [5.41, 5.74) is 0.583. The number of aromatic hydroxyl groups is 1. The highest BCUT2D eigenvalue weighted by atomic mass is 16.3. The van der Waals surface area contributed by atoms with Crippen molar-refractivity contribution in [2.45, 2.75) is 6.42 Å². The van der Waals surface area contributed by atoms with Crippen LogP contribution in [0.3, 0.4) is 0 Å². The van der Waals surface area contributed by atoms with Crippen LogP contribution in [0.15, 0.2) is 24.3 Å². The molecule has 0 aromatic heterocycles. The third-order valence-corrected chi connectivity index (χ3v) is 3.28. The molecule has 3 N–H and O–H groups in total. The predicted molar refractivity (Wildman–Crippen MR) is 74.4 cm³/mol. The molecule has 0 radical (unpaired) electrons. The number of phenols is 1. The molecular weight excluding hydrogens is 242 g/mol. The van der Waals surface area contributed by atoms with Gasteiger partial charge < -0.3 is 20.6 Å². The van der Waals surface area contributed by atoms with E-state index < -0.39 is 0 Å². The molecule has 1 fully saturated rings. The lowest BCUT2D eigenvalue weighted by Gasteiger charge is -2.27. The Kier molecular flexibility index (Phi) is 5.18. The van der Waals surface area contributed by atoms with Gasteiger partial charge >= 0.3 is 0 Å². The molecule has 1 aromatic carbocycles. The fourth-order valence-electron chi connectivity index (χ4n) is 2.15. The normalized spacial score (nSPS) is 16.2. The van der Waals surface area contributed by atoms with Crippen LogP contribution in [0.25, 0.3) is 0 Å². The first-order chi connectivity index (χ1) is 9.25. The first-order valence-corrected chi connectivity index (χ1v) is 6.76. The standard InChI is InChI=1S/C14H21N3O2/c18-13-4-2-12(3-5-13)14(19)16-6-1-9-17-10-7-15-8-11-17/h2-5,15,18H,1,6-11H2,(H,16,19). The van der Waals surface area contributed by atoms with Gasteiger partial charge in [-0.1, -0.05) is 0 Å². The lowest BCUT2D eigenvalue weighted by Crippen LogP contribution is -2.44. The number of nitrogens with one attached hydrogen (secondary N) is 2. The summed E-state index contributed by atoms with van der Waals surface area (Å²) in [4.78, 5) is 14.2. The highest BCUT2D eigenvalue weighted by Crippen LogP contribution is 2.09. The zero-order chi connectivity index (χ0) is 13.5. The van der Waals surface area contributed by atoms with E-state index in [1.165, 1.54) is 12.1 Å². The second-order valence-corrected chi connectivity index (χ2v) is 4.75. The van der Waals surface area contributed by atoms with Crippen LogP contribution in [-0.2, 0) is 0 Å². The lowest BCUT2D eigenvalue weighted by molar-refractivity contribution is 0.0951.